The Balaban J connectivity index is 1.40. The maximum Gasteiger partial charge on any atom is 0.330 e. The largest absolute Gasteiger partial charge is 0.462 e. The number of epoxide rings is 1. The summed E-state index contributed by atoms with van der Waals surface area (Å²) in [5.41, 5.74) is 0.878. The summed E-state index contributed by atoms with van der Waals surface area (Å²) >= 11 is 0. The van der Waals surface area contributed by atoms with Crippen LogP contribution in [-0.4, -0.2) is 36.4 Å². The maximum atomic E-state index is 11.9. The number of cyclic esters (lactones) is 1. The highest BCUT2D eigenvalue weighted by molar-refractivity contribution is 5.84. The van der Waals surface area contributed by atoms with Crippen molar-refractivity contribution < 1.29 is 23.8 Å². The fraction of sp³-hybridized carbons (Fsp3) is 0.810. The summed E-state index contributed by atoms with van der Waals surface area (Å²) < 4.78 is 17.6. The fourth-order valence-corrected chi connectivity index (χ4v) is 7.73. The smallest absolute Gasteiger partial charge is 0.330 e. The second-order valence-corrected chi connectivity index (χ2v) is 9.90. The van der Waals surface area contributed by atoms with E-state index < -0.39 is 0 Å². The van der Waals surface area contributed by atoms with E-state index >= 15 is 0 Å². The van der Waals surface area contributed by atoms with Gasteiger partial charge in [-0.2, -0.15) is 0 Å². The molecule has 0 radical (unpaired) electrons. The second-order valence-electron chi connectivity index (χ2n) is 9.90. The van der Waals surface area contributed by atoms with Crippen LogP contribution in [0.3, 0.4) is 0 Å². The average molecular weight is 358 g/mol. The number of fused-ring (bicyclic) bond motifs is 9. The lowest BCUT2D eigenvalue weighted by Gasteiger charge is -2.57. The third-order valence-electron chi connectivity index (χ3n) is 9.14. The molecule has 2 saturated heterocycles. The van der Waals surface area contributed by atoms with E-state index in [9.17, 15) is 9.59 Å². The molecule has 5 fully saturated rings. The highest BCUT2D eigenvalue weighted by Gasteiger charge is 2.73. The minimum atomic E-state index is -0.250. The average Bonchev–Trinajstić information content (AvgIpc) is 3.23. The molecule has 0 aromatic carbocycles. The van der Waals surface area contributed by atoms with E-state index in [2.05, 4.69) is 13.8 Å². The zero-order valence-corrected chi connectivity index (χ0v) is 15.5. The normalized spacial score (nSPS) is 56.7. The molecule has 3 aliphatic carbocycles. The molecule has 3 saturated carbocycles. The number of carbonyl (C=O) groups is 2. The van der Waals surface area contributed by atoms with Crippen molar-refractivity contribution in [3.05, 3.63) is 11.6 Å². The lowest BCUT2D eigenvalue weighted by Crippen LogP contribution is -2.57. The molecule has 0 amide bonds. The summed E-state index contributed by atoms with van der Waals surface area (Å²) in [7, 11) is 0. The van der Waals surface area contributed by atoms with Crippen LogP contribution in [0.1, 0.15) is 52.4 Å². The van der Waals surface area contributed by atoms with Crippen molar-refractivity contribution in [2.75, 3.05) is 6.61 Å². The molecule has 5 nitrogen and oxygen atoms in total. The summed E-state index contributed by atoms with van der Waals surface area (Å²) in [5.74, 6) is 1.25. The van der Waals surface area contributed by atoms with Crippen molar-refractivity contribution in [3.63, 3.8) is 0 Å². The van der Waals surface area contributed by atoms with Gasteiger partial charge in [0, 0.05) is 23.3 Å². The van der Waals surface area contributed by atoms with Gasteiger partial charge >= 0.3 is 11.9 Å². The highest BCUT2D eigenvalue weighted by Crippen LogP contribution is 2.71. The molecule has 0 aromatic rings. The van der Waals surface area contributed by atoms with Crippen LogP contribution in [-0.2, 0) is 23.8 Å². The molecule has 0 unspecified atom stereocenters. The minimum absolute atomic E-state index is 0.0189. The van der Waals surface area contributed by atoms with Crippen molar-refractivity contribution in [3.8, 4) is 0 Å². The van der Waals surface area contributed by atoms with Crippen LogP contribution < -0.4 is 0 Å². The molecule has 0 N–H and O–H groups in total. The molecule has 6 rings (SSSR count). The van der Waals surface area contributed by atoms with Crippen LogP contribution in [0, 0.1) is 28.6 Å². The minimum Gasteiger partial charge on any atom is -0.462 e. The predicted octanol–water partition coefficient (Wildman–Crippen LogP) is 2.78. The van der Waals surface area contributed by atoms with Crippen molar-refractivity contribution in [1.82, 2.24) is 0 Å². The van der Waals surface area contributed by atoms with Crippen LogP contribution >= 0.6 is 0 Å². The Morgan fingerprint density at radius 1 is 1.08 bits per heavy atom. The van der Waals surface area contributed by atoms with E-state index in [0.717, 1.165) is 32.1 Å². The van der Waals surface area contributed by atoms with E-state index in [1.165, 1.54) is 5.57 Å². The molecular formula is C21H26O5. The van der Waals surface area contributed by atoms with Crippen molar-refractivity contribution in [1.29, 1.82) is 0 Å². The summed E-state index contributed by atoms with van der Waals surface area (Å²) in [6.07, 6.45) is 7.77. The third kappa shape index (κ3) is 1.63. The monoisotopic (exact) mass is 358 g/mol. The zero-order chi connectivity index (χ0) is 17.9. The number of rotatable bonds is 0. The lowest BCUT2D eigenvalue weighted by atomic mass is 9.47. The molecule has 0 bridgehead atoms. The predicted molar refractivity (Wildman–Crippen MR) is 90.9 cm³/mol. The summed E-state index contributed by atoms with van der Waals surface area (Å²) in [5, 5.41) is 0. The topological polar surface area (TPSA) is 65.1 Å². The standard InChI is InChI=1S/C21H26O5/c1-19-10-24-15(23)9-13(19)17-18(25-17)16-11(19)3-6-20(2)12(16)4-7-21(20)8-5-14(22)26-21/h9,11-12,16-18H,3-8,10H2,1-2H3/t11-,12-,16+,17+,18-,19+,20-,21+/m0/s1. The van der Waals surface area contributed by atoms with Gasteiger partial charge in [-0.1, -0.05) is 13.8 Å². The SMILES string of the molecule is C[C@]12COC(=O)C=C1[C@H]1O[C@H]1[C@@H]1[C@@H]2CC[C@@]2(C)[C@H]1CC[C@@]21CCC(=O)O1. The first-order valence-corrected chi connectivity index (χ1v) is 10.1. The number of hydrogen-bond donors (Lipinski definition) is 0. The van der Waals surface area contributed by atoms with E-state index in [4.69, 9.17) is 14.2 Å². The Kier molecular flexibility index (Phi) is 2.74. The van der Waals surface area contributed by atoms with Crippen LogP contribution in [0.5, 0.6) is 0 Å². The second kappa shape index (κ2) is 4.54. The van der Waals surface area contributed by atoms with Crippen molar-refractivity contribution >= 4 is 11.9 Å². The lowest BCUT2D eigenvalue weighted by molar-refractivity contribution is -0.169. The first-order chi connectivity index (χ1) is 12.4. The number of carbonyl (C=O) groups excluding carboxylic acids is 2. The van der Waals surface area contributed by atoms with E-state index in [1.807, 2.05) is 0 Å². The van der Waals surface area contributed by atoms with Gasteiger partial charge in [0.1, 0.15) is 18.3 Å². The number of ether oxygens (including phenoxy) is 3. The van der Waals surface area contributed by atoms with Gasteiger partial charge in [0.25, 0.3) is 0 Å². The van der Waals surface area contributed by atoms with Crippen LogP contribution in [0.2, 0.25) is 0 Å². The van der Waals surface area contributed by atoms with Gasteiger partial charge in [0.15, 0.2) is 0 Å². The molecule has 1 spiro atoms. The molecule has 140 valence electrons. The number of hydrogen-bond acceptors (Lipinski definition) is 5. The third-order valence-corrected chi connectivity index (χ3v) is 9.14. The Morgan fingerprint density at radius 3 is 2.65 bits per heavy atom. The van der Waals surface area contributed by atoms with Crippen LogP contribution in [0.25, 0.3) is 0 Å². The van der Waals surface area contributed by atoms with E-state index in [0.29, 0.717) is 30.8 Å². The molecule has 3 heterocycles. The van der Waals surface area contributed by atoms with Gasteiger partial charge in [-0.25, -0.2) is 4.79 Å². The fourth-order valence-electron chi connectivity index (χ4n) is 7.73. The van der Waals surface area contributed by atoms with E-state index in [-0.39, 0.29) is 40.6 Å². The molecule has 26 heavy (non-hydrogen) atoms. The number of esters is 2. The molecule has 6 aliphatic rings. The Bertz CT molecular complexity index is 758. The van der Waals surface area contributed by atoms with Gasteiger partial charge in [0.05, 0.1) is 6.10 Å². The maximum absolute atomic E-state index is 11.9. The zero-order valence-electron chi connectivity index (χ0n) is 15.5. The first-order valence-electron chi connectivity index (χ1n) is 10.1. The van der Waals surface area contributed by atoms with Gasteiger partial charge in [-0.3, -0.25) is 4.79 Å². The molecule has 8 atom stereocenters. The van der Waals surface area contributed by atoms with Crippen LogP contribution in [0.4, 0.5) is 0 Å². The first kappa shape index (κ1) is 15.7. The summed E-state index contributed by atoms with van der Waals surface area (Å²) in [6, 6.07) is 0. The van der Waals surface area contributed by atoms with E-state index in [1.54, 1.807) is 6.08 Å². The Morgan fingerprint density at radius 2 is 1.88 bits per heavy atom. The van der Waals surface area contributed by atoms with Gasteiger partial charge in [-0.15, -0.1) is 0 Å². The molecule has 0 aromatic heterocycles. The molecule has 3 aliphatic heterocycles. The Labute approximate surface area is 153 Å². The molecule has 5 heteroatoms. The summed E-state index contributed by atoms with van der Waals surface area (Å²) in [4.78, 5) is 23.8. The molecular weight excluding hydrogens is 332 g/mol. The highest BCUT2D eigenvalue weighted by atomic mass is 16.6. The Hall–Kier alpha value is -1.36. The van der Waals surface area contributed by atoms with Crippen molar-refractivity contribution in [2.24, 2.45) is 28.6 Å². The van der Waals surface area contributed by atoms with Gasteiger partial charge in [0.2, 0.25) is 0 Å². The van der Waals surface area contributed by atoms with Gasteiger partial charge < -0.3 is 14.2 Å². The quantitative estimate of drug-likeness (QED) is 0.492. The van der Waals surface area contributed by atoms with Gasteiger partial charge in [-0.05, 0) is 55.4 Å². The summed E-state index contributed by atoms with van der Waals surface area (Å²) in [6.45, 7) is 5.12. The van der Waals surface area contributed by atoms with Crippen molar-refractivity contribution in [2.45, 2.75) is 70.2 Å². The van der Waals surface area contributed by atoms with Crippen LogP contribution in [0.15, 0.2) is 11.6 Å².